The van der Waals surface area contributed by atoms with E-state index in [1.165, 1.54) is 0 Å². The summed E-state index contributed by atoms with van der Waals surface area (Å²) in [6.45, 7) is 7.90. The molecular weight excluding hydrogens is 192 g/mol. The summed E-state index contributed by atoms with van der Waals surface area (Å²) in [5.41, 5.74) is 5.31. The Morgan fingerprint density at radius 3 is 2.27 bits per heavy atom. The molecule has 0 heterocycles. The van der Waals surface area contributed by atoms with Crippen molar-refractivity contribution >= 4 is 5.91 Å². The maximum atomic E-state index is 11.5. The van der Waals surface area contributed by atoms with Crippen LogP contribution in [0.1, 0.15) is 47.0 Å². The Kier molecular flexibility index (Phi) is 6.52. The van der Waals surface area contributed by atoms with E-state index in [9.17, 15) is 4.79 Å². The largest absolute Gasteiger partial charge is 0.396 e. The van der Waals surface area contributed by atoms with Crippen LogP contribution >= 0.6 is 0 Å². The highest BCUT2D eigenvalue weighted by Crippen LogP contribution is 2.18. The van der Waals surface area contributed by atoms with Crippen molar-refractivity contribution in [3.63, 3.8) is 0 Å². The molecule has 0 radical (unpaired) electrons. The summed E-state index contributed by atoms with van der Waals surface area (Å²) in [6, 6.07) is 0.325. The van der Waals surface area contributed by atoms with Gasteiger partial charge in [-0.25, -0.2) is 5.43 Å². The van der Waals surface area contributed by atoms with E-state index in [-0.39, 0.29) is 17.9 Å². The van der Waals surface area contributed by atoms with Crippen LogP contribution in [-0.4, -0.2) is 23.7 Å². The van der Waals surface area contributed by atoms with Crippen molar-refractivity contribution in [1.29, 1.82) is 0 Å². The first-order valence-electron chi connectivity index (χ1n) is 5.60. The molecule has 0 saturated heterocycles. The lowest BCUT2D eigenvalue weighted by molar-refractivity contribution is -0.124. The van der Waals surface area contributed by atoms with Crippen LogP contribution in [0.5, 0.6) is 0 Å². The van der Waals surface area contributed by atoms with Crippen molar-refractivity contribution in [2.75, 3.05) is 6.61 Å². The number of hydrazine groups is 1. The number of nitrogens with one attached hydrogen (secondary N) is 2. The molecule has 0 saturated carbocycles. The van der Waals surface area contributed by atoms with E-state index >= 15 is 0 Å². The van der Waals surface area contributed by atoms with E-state index in [1.54, 1.807) is 0 Å². The molecule has 0 rings (SSSR count). The molecule has 0 aliphatic heterocycles. The normalized spacial score (nSPS) is 11.9. The predicted octanol–water partition coefficient (Wildman–Crippen LogP) is 1.20. The Hall–Kier alpha value is -0.610. The fourth-order valence-corrected chi connectivity index (χ4v) is 1.21. The van der Waals surface area contributed by atoms with Crippen LogP contribution in [0.2, 0.25) is 0 Å². The number of hydrogen-bond donors (Lipinski definition) is 3. The van der Waals surface area contributed by atoms with Crippen molar-refractivity contribution in [1.82, 2.24) is 10.9 Å². The molecule has 0 spiro atoms. The van der Waals surface area contributed by atoms with Gasteiger partial charge < -0.3 is 5.11 Å². The molecule has 0 aromatic rings. The average molecular weight is 216 g/mol. The Bertz CT molecular complexity index is 189. The maximum Gasteiger partial charge on any atom is 0.234 e. The molecule has 90 valence electrons. The fourth-order valence-electron chi connectivity index (χ4n) is 1.21. The lowest BCUT2D eigenvalue weighted by Gasteiger charge is -2.22. The Morgan fingerprint density at radius 2 is 1.87 bits per heavy atom. The van der Waals surface area contributed by atoms with E-state index in [0.29, 0.717) is 12.5 Å². The molecule has 0 aromatic heterocycles. The number of rotatable bonds is 7. The monoisotopic (exact) mass is 216 g/mol. The number of carbonyl (C=O) groups excluding carboxylic acids is 1. The first kappa shape index (κ1) is 14.4. The molecule has 1 amide bonds. The lowest BCUT2D eigenvalue weighted by atomic mass is 9.90. The molecular formula is C11H24N2O2. The summed E-state index contributed by atoms with van der Waals surface area (Å²) in [5.74, 6) is -0.0686. The van der Waals surface area contributed by atoms with Gasteiger partial charge in [0.2, 0.25) is 5.91 Å². The Labute approximate surface area is 92.4 Å². The minimum Gasteiger partial charge on any atom is -0.396 e. The number of carbonyl (C=O) groups is 1. The molecule has 4 heteroatoms. The molecule has 4 nitrogen and oxygen atoms in total. The fraction of sp³-hybridized carbons (Fsp3) is 0.909. The van der Waals surface area contributed by atoms with Gasteiger partial charge in [0, 0.05) is 19.1 Å². The minimum absolute atomic E-state index is 0.0193. The maximum absolute atomic E-state index is 11.5. The van der Waals surface area contributed by atoms with Crippen molar-refractivity contribution in [3.8, 4) is 0 Å². The molecule has 0 unspecified atom stereocenters. The quantitative estimate of drug-likeness (QED) is 0.560. The van der Waals surface area contributed by atoms with Gasteiger partial charge in [-0.2, -0.15) is 0 Å². The second-order valence-corrected chi connectivity index (χ2v) is 4.71. The van der Waals surface area contributed by atoms with E-state index in [1.807, 2.05) is 13.8 Å². The third kappa shape index (κ3) is 6.47. The second-order valence-electron chi connectivity index (χ2n) is 4.71. The molecule has 0 aliphatic carbocycles. The molecule has 0 atom stereocenters. The molecule has 15 heavy (non-hydrogen) atoms. The lowest BCUT2D eigenvalue weighted by Crippen LogP contribution is -2.45. The smallest absolute Gasteiger partial charge is 0.234 e. The van der Waals surface area contributed by atoms with Gasteiger partial charge in [-0.1, -0.05) is 27.7 Å². The van der Waals surface area contributed by atoms with E-state index < -0.39 is 0 Å². The van der Waals surface area contributed by atoms with Gasteiger partial charge in [-0.05, 0) is 18.3 Å². The Balaban J connectivity index is 3.84. The number of hydrogen-bond acceptors (Lipinski definition) is 3. The summed E-state index contributed by atoms with van der Waals surface area (Å²) in [4.78, 5) is 11.5. The van der Waals surface area contributed by atoms with Gasteiger partial charge in [0.15, 0.2) is 0 Å². The van der Waals surface area contributed by atoms with Crippen LogP contribution in [0.25, 0.3) is 0 Å². The zero-order chi connectivity index (χ0) is 11.9. The standard InChI is InChI=1S/C11H24N2O2/c1-5-9(6-2)12-13-10(15)7-11(3,4)8-14/h9,12,14H,5-8H2,1-4H3,(H,13,15). The van der Waals surface area contributed by atoms with Crippen molar-refractivity contribution in [3.05, 3.63) is 0 Å². The van der Waals surface area contributed by atoms with E-state index in [4.69, 9.17) is 5.11 Å². The zero-order valence-corrected chi connectivity index (χ0v) is 10.3. The average Bonchev–Trinajstić information content (AvgIpc) is 2.19. The van der Waals surface area contributed by atoms with Gasteiger partial charge in [0.1, 0.15) is 0 Å². The number of aliphatic hydroxyl groups excluding tert-OH is 1. The SMILES string of the molecule is CCC(CC)NNC(=O)CC(C)(C)CO. The van der Waals surface area contributed by atoms with Gasteiger partial charge in [-0.15, -0.1) is 0 Å². The number of amides is 1. The molecule has 0 fully saturated rings. The van der Waals surface area contributed by atoms with Crippen LogP contribution in [0.15, 0.2) is 0 Å². The van der Waals surface area contributed by atoms with Crippen LogP contribution in [0.3, 0.4) is 0 Å². The van der Waals surface area contributed by atoms with E-state index in [0.717, 1.165) is 12.8 Å². The summed E-state index contributed by atoms with van der Waals surface area (Å²) >= 11 is 0. The first-order valence-corrected chi connectivity index (χ1v) is 5.60. The summed E-state index contributed by atoms with van der Waals surface area (Å²) in [5, 5.41) is 9.01. The number of aliphatic hydroxyl groups is 1. The summed E-state index contributed by atoms with van der Waals surface area (Å²) in [7, 11) is 0. The van der Waals surface area contributed by atoms with Crippen molar-refractivity contribution in [2.45, 2.75) is 53.0 Å². The molecule has 0 aromatic carbocycles. The third-order valence-electron chi connectivity index (χ3n) is 2.47. The summed E-state index contributed by atoms with van der Waals surface area (Å²) < 4.78 is 0. The van der Waals surface area contributed by atoms with Crippen LogP contribution in [-0.2, 0) is 4.79 Å². The van der Waals surface area contributed by atoms with Gasteiger partial charge >= 0.3 is 0 Å². The topological polar surface area (TPSA) is 61.4 Å². The zero-order valence-electron chi connectivity index (χ0n) is 10.3. The van der Waals surface area contributed by atoms with Crippen LogP contribution in [0, 0.1) is 5.41 Å². The van der Waals surface area contributed by atoms with Crippen molar-refractivity contribution in [2.24, 2.45) is 5.41 Å². The van der Waals surface area contributed by atoms with E-state index in [2.05, 4.69) is 24.7 Å². The highest BCUT2D eigenvalue weighted by Gasteiger charge is 2.20. The molecule has 3 N–H and O–H groups in total. The van der Waals surface area contributed by atoms with Crippen LogP contribution in [0.4, 0.5) is 0 Å². The Morgan fingerprint density at radius 1 is 1.33 bits per heavy atom. The van der Waals surface area contributed by atoms with Gasteiger partial charge in [-0.3, -0.25) is 10.2 Å². The molecule has 0 aliphatic rings. The highest BCUT2D eigenvalue weighted by atomic mass is 16.3. The predicted molar refractivity (Wildman–Crippen MR) is 61.1 cm³/mol. The molecule has 0 bridgehead atoms. The highest BCUT2D eigenvalue weighted by molar-refractivity contribution is 5.76. The van der Waals surface area contributed by atoms with Crippen molar-refractivity contribution < 1.29 is 9.90 Å². The minimum atomic E-state index is -0.348. The second kappa shape index (κ2) is 6.80. The van der Waals surface area contributed by atoms with Gasteiger partial charge in [0.05, 0.1) is 0 Å². The first-order chi connectivity index (χ1) is 6.95. The van der Waals surface area contributed by atoms with Crippen LogP contribution < -0.4 is 10.9 Å². The van der Waals surface area contributed by atoms with Gasteiger partial charge in [0.25, 0.3) is 0 Å². The third-order valence-corrected chi connectivity index (χ3v) is 2.47. The summed E-state index contributed by atoms with van der Waals surface area (Å²) in [6.07, 6.45) is 2.30.